The summed E-state index contributed by atoms with van der Waals surface area (Å²) in [7, 11) is 0. The standard InChI is InChI=1S/C15H15NOS/c1-11-2-4-12(5-3-11)15(17)10-18-14-8-6-13(16)7-9-14/h2-9H,10,16H2,1H3. The summed E-state index contributed by atoms with van der Waals surface area (Å²) >= 11 is 1.53. The van der Waals surface area contributed by atoms with Crippen LogP contribution in [-0.2, 0) is 0 Å². The molecule has 2 aromatic carbocycles. The van der Waals surface area contributed by atoms with Gasteiger partial charge in [0.05, 0.1) is 5.75 Å². The van der Waals surface area contributed by atoms with Crippen LogP contribution in [0.25, 0.3) is 0 Å². The van der Waals surface area contributed by atoms with Gasteiger partial charge in [-0.2, -0.15) is 0 Å². The van der Waals surface area contributed by atoms with E-state index in [1.54, 1.807) is 0 Å². The number of hydrogen-bond acceptors (Lipinski definition) is 3. The Bertz CT molecular complexity index is 531. The van der Waals surface area contributed by atoms with Gasteiger partial charge in [0.1, 0.15) is 0 Å². The molecule has 0 heterocycles. The van der Waals surface area contributed by atoms with Crippen LogP contribution in [0.4, 0.5) is 5.69 Å². The summed E-state index contributed by atoms with van der Waals surface area (Å²) in [4.78, 5) is 13.0. The van der Waals surface area contributed by atoms with Crippen molar-refractivity contribution < 1.29 is 4.79 Å². The van der Waals surface area contributed by atoms with Crippen molar-refractivity contribution in [2.45, 2.75) is 11.8 Å². The van der Waals surface area contributed by atoms with E-state index >= 15 is 0 Å². The minimum Gasteiger partial charge on any atom is -0.399 e. The molecule has 0 spiro atoms. The highest BCUT2D eigenvalue weighted by Crippen LogP contribution is 2.20. The quantitative estimate of drug-likeness (QED) is 0.517. The number of Topliss-reactive ketones (excluding diaryl/α,β-unsaturated/α-hetero) is 1. The largest absolute Gasteiger partial charge is 0.399 e. The predicted octanol–water partition coefficient (Wildman–Crippen LogP) is 3.55. The monoisotopic (exact) mass is 257 g/mol. The SMILES string of the molecule is Cc1ccc(C(=O)CSc2ccc(N)cc2)cc1. The normalized spacial score (nSPS) is 10.3. The van der Waals surface area contributed by atoms with Crippen molar-refractivity contribution >= 4 is 23.2 Å². The van der Waals surface area contributed by atoms with Gasteiger partial charge in [0.25, 0.3) is 0 Å². The molecular formula is C15H15NOS. The predicted molar refractivity (Wildman–Crippen MR) is 77.1 cm³/mol. The molecule has 0 atom stereocenters. The van der Waals surface area contributed by atoms with Gasteiger partial charge in [-0.15, -0.1) is 11.8 Å². The maximum atomic E-state index is 12.0. The van der Waals surface area contributed by atoms with Gasteiger partial charge in [0, 0.05) is 16.1 Å². The maximum absolute atomic E-state index is 12.0. The number of carbonyl (C=O) groups is 1. The number of nitrogens with two attached hydrogens (primary N) is 1. The van der Waals surface area contributed by atoms with Crippen molar-refractivity contribution in [3.8, 4) is 0 Å². The Hall–Kier alpha value is -1.74. The average Bonchev–Trinajstić information content (AvgIpc) is 2.38. The van der Waals surface area contributed by atoms with Gasteiger partial charge in [-0.1, -0.05) is 29.8 Å². The maximum Gasteiger partial charge on any atom is 0.173 e. The zero-order valence-electron chi connectivity index (χ0n) is 10.2. The zero-order chi connectivity index (χ0) is 13.0. The number of anilines is 1. The van der Waals surface area contributed by atoms with Crippen molar-refractivity contribution in [2.75, 3.05) is 11.5 Å². The molecule has 0 aliphatic rings. The molecule has 2 N–H and O–H groups in total. The molecule has 0 saturated carbocycles. The van der Waals surface area contributed by atoms with E-state index in [-0.39, 0.29) is 5.78 Å². The van der Waals surface area contributed by atoms with Crippen LogP contribution in [0.1, 0.15) is 15.9 Å². The van der Waals surface area contributed by atoms with Gasteiger partial charge in [-0.3, -0.25) is 4.79 Å². The fraction of sp³-hybridized carbons (Fsp3) is 0.133. The first kappa shape index (κ1) is 12.7. The van der Waals surface area contributed by atoms with E-state index in [0.717, 1.165) is 21.7 Å². The first-order valence-electron chi connectivity index (χ1n) is 5.73. The fourth-order valence-corrected chi connectivity index (χ4v) is 2.33. The fourth-order valence-electron chi connectivity index (χ4n) is 1.54. The van der Waals surface area contributed by atoms with Gasteiger partial charge in [0.15, 0.2) is 5.78 Å². The van der Waals surface area contributed by atoms with Gasteiger partial charge in [-0.25, -0.2) is 0 Å². The van der Waals surface area contributed by atoms with Crippen molar-refractivity contribution in [1.29, 1.82) is 0 Å². The molecule has 0 fully saturated rings. The van der Waals surface area contributed by atoms with Crippen LogP contribution in [0.3, 0.4) is 0 Å². The van der Waals surface area contributed by atoms with Gasteiger partial charge in [0.2, 0.25) is 0 Å². The third-order valence-corrected chi connectivity index (χ3v) is 3.64. The second-order valence-corrected chi connectivity index (χ2v) is 5.20. The van der Waals surface area contributed by atoms with E-state index in [1.165, 1.54) is 11.8 Å². The molecular weight excluding hydrogens is 242 g/mol. The summed E-state index contributed by atoms with van der Waals surface area (Å²) in [5.74, 6) is 0.601. The third-order valence-electron chi connectivity index (χ3n) is 2.62. The molecule has 0 aromatic heterocycles. The van der Waals surface area contributed by atoms with Crippen LogP contribution in [0, 0.1) is 6.92 Å². The Morgan fingerprint density at radius 2 is 1.67 bits per heavy atom. The van der Waals surface area contributed by atoms with E-state index in [1.807, 2.05) is 55.5 Å². The second-order valence-electron chi connectivity index (χ2n) is 4.15. The summed E-state index contributed by atoms with van der Waals surface area (Å²) in [5.41, 5.74) is 8.28. The lowest BCUT2D eigenvalue weighted by Crippen LogP contribution is -2.01. The molecule has 3 heteroatoms. The van der Waals surface area contributed by atoms with Crippen molar-refractivity contribution in [2.24, 2.45) is 0 Å². The summed E-state index contributed by atoms with van der Waals surface area (Å²) in [6.45, 7) is 2.01. The van der Waals surface area contributed by atoms with Crippen LogP contribution in [-0.4, -0.2) is 11.5 Å². The Morgan fingerprint density at radius 1 is 1.06 bits per heavy atom. The minimum absolute atomic E-state index is 0.150. The Kier molecular flexibility index (Phi) is 4.05. The van der Waals surface area contributed by atoms with Crippen LogP contribution in [0.2, 0.25) is 0 Å². The number of carbonyl (C=O) groups excluding carboxylic acids is 1. The summed E-state index contributed by atoms with van der Waals surface area (Å²) in [6.07, 6.45) is 0. The molecule has 0 radical (unpaired) electrons. The summed E-state index contributed by atoms with van der Waals surface area (Å²) < 4.78 is 0. The van der Waals surface area contributed by atoms with E-state index in [9.17, 15) is 4.79 Å². The number of hydrogen-bond donors (Lipinski definition) is 1. The summed E-state index contributed by atoms with van der Waals surface area (Å²) in [6, 6.07) is 15.2. The Balaban J connectivity index is 1.96. The molecule has 0 saturated heterocycles. The molecule has 2 rings (SSSR count). The molecule has 2 nitrogen and oxygen atoms in total. The van der Waals surface area contributed by atoms with E-state index in [0.29, 0.717) is 5.75 Å². The Labute approximate surface area is 111 Å². The van der Waals surface area contributed by atoms with E-state index in [4.69, 9.17) is 5.73 Å². The van der Waals surface area contributed by atoms with E-state index in [2.05, 4.69) is 0 Å². The first-order chi connectivity index (χ1) is 8.65. The molecule has 0 unspecified atom stereocenters. The van der Waals surface area contributed by atoms with Gasteiger partial charge < -0.3 is 5.73 Å². The average molecular weight is 257 g/mol. The smallest absolute Gasteiger partial charge is 0.173 e. The third kappa shape index (κ3) is 3.37. The molecule has 0 aliphatic heterocycles. The Morgan fingerprint density at radius 3 is 2.28 bits per heavy atom. The zero-order valence-corrected chi connectivity index (χ0v) is 11.0. The van der Waals surface area contributed by atoms with Crippen LogP contribution >= 0.6 is 11.8 Å². The molecule has 2 aromatic rings. The lowest BCUT2D eigenvalue weighted by atomic mass is 10.1. The molecule has 18 heavy (non-hydrogen) atoms. The second kappa shape index (κ2) is 5.74. The molecule has 0 aliphatic carbocycles. The highest BCUT2D eigenvalue weighted by Gasteiger charge is 2.06. The number of benzene rings is 2. The first-order valence-corrected chi connectivity index (χ1v) is 6.72. The van der Waals surface area contributed by atoms with Crippen molar-refractivity contribution in [3.05, 3.63) is 59.7 Å². The molecule has 92 valence electrons. The lowest BCUT2D eigenvalue weighted by Gasteiger charge is -2.02. The highest BCUT2D eigenvalue weighted by atomic mass is 32.2. The number of nitrogen functional groups attached to an aromatic ring is 1. The summed E-state index contributed by atoms with van der Waals surface area (Å²) in [5, 5.41) is 0. The molecule has 0 amide bonds. The minimum atomic E-state index is 0.150. The van der Waals surface area contributed by atoms with Gasteiger partial charge >= 0.3 is 0 Å². The van der Waals surface area contributed by atoms with Crippen LogP contribution < -0.4 is 5.73 Å². The van der Waals surface area contributed by atoms with Crippen molar-refractivity contribution in [1.82, 2.24) is 0 Å². The number of aryl methyl sites for hydroxylation is 1. The lowest BCUT2D eigenvalue weighted by molar-refractivity contribution is 0.102. The highest BCUT2D eigenvalue weighted by molar-refractivity contribution is 8.00. The number of rotatable bonds is 4. The number of ketones is 1. The number of thioether (sulfide) groups is 1. The van der Waals surface area contributed by atoms with Crippen LogP contribution in [0.5, 0.6) is 0 Å². The topological polar surface area (TPSA) is 43.1 Å². The molecule has 0 bridgehead atoms. The van der Waals surface area contributed by atoms with Crippen LogP contribution in [0.15, 0.2) is 53.4 Å². The van der Waals surface area contributed by atoms with E-state index < -0.39 is 0 Å². The van der Waals surface area contributed by atoms with Crippen molar-refractivity contribution in [3.63, 3.8) is 0 Å². The van der Waals surface area contributed by atoms with Gasteiger partial charge in [-0.05, 0) is 31.2 Å².